The maximum atomic E-state index is 4.49. The van der Waals surface area contributed by atoms with E-state index in [1.54, 1.807) is 0 Å². The zero-order chi connectivity index (χ0) is 9.10. The normalized spacial score (nSPS) is 32.5. The Balaban J connectivity index is 1.65. The van der Waals surface area contributed by atoms with Gasteiger partial charge in [-0.3, -0.25) is 4.99 Å². The summed E-state index contributed by atoms with van der Waals surface area (Å²) >= 11 is 0. The minimum Gasteiger partial charge on any atom is -0.374 e. The molecule has 2 aliphatic rings. The number of hydrogen-bond donors (Lipinski definition) is 1. The molecule has 1 fully saturated rings. The Morgan fingerprint density at radius 3 is 2.92 bits per heavy atom. The van der Waals surface area contributed by atoms with E-state index in [0.717, 1.165) is 18.4 Å². The third kappa shape index (κ3) is 2.45. The van der Waals surface area contributed by atoms with Crippen molar-refractivity contribution in [1.82, 2.24) is 5.32 Å². The van der Waals surface area contributed by atoms with Gasteiger partial charge in [0.15, 0.2) is 0 Å². The van der Waals surface area contributed by atoms with Crippen molar-refractivity contribution >= 4 is 5.84 Å². The minimum atomic E-state index is 0.953. The van der Waals surface area contributed by atoms with Gasteiger partial charge in [0.1, 0.15) is 0 Å². The van der Waals surface area contributed by atoms with Gasteiger partial charge in [0.25, 0.3) is 0 Å². The van der Waals surface area contributed by atoms with Crippen molar-refractivity contribution < 1.29 is 0 Å². The highest BCUT2D eigenvalue weighted by atomic mass is 15.0. The molecule has 2 rings (SSSR count). The Morgan fingerprint density at radius 2 is 2.31 bits per heavy atom. The van der Waals surface area contributed by atoms with Gasteiger partial charge in [-0.15, -0.1) is 0 Å². The van der Waals surface area contributed by atoms with E-state index in [1.807, 2.05) is 0 Å². The molecule has 0 aromatic carbocycles. The van der Waals surface area contributed by atoms with Crippen molar-refractivity contribution in [2.24, 2.45) is 16.8 Å². The van der Waals surface area contributed by atoms with Gasteiger partial charge in [-0.05, 0) is 31.1 Å². The summed E-state index contributed by atoms with van der Waals surface area (Å²) in [6.45, 7) is 4.52. The van der Waals surface area contributed by atoms with Gasteiger partial charge in [-0.25, -0.2) is 0 Å². The van der Waals surface area contributed by atoms with Crippen LogP contribution in [-0.2, 0) is 0 Å². The van der Waals surface area contributed by atoms with Crippen LogP contribution in [0.5, 0.6) is 0 Å². The smallest absolute Gasteiger partial charge is 0.0963 e. The van der Waals surface area contributed by atoms with Crippen molar-refractivity contribution in [3.8, 4) is 0 Å². The van der Waals surface area contributed by atoms with Gasteiger partial charge in [0, 0.05) is 19.5 Å². The molecule has 1 heterocycles. The third-order valence-corrected chi connectivity index (χ3v) is 3.29. The number of amidine groups is 1. The summed E-state index contributed by atoms with van der Waals surface area (Å²) in [4.78, 5) is 4.49. The predicted octanol–water partition coefficient (Wildman–Crippen LogP) is 2.20. The van der Waals surface area contributed by atoms with Crippen LogP contribution < -0.4 is 5.32 Å². The number of rotatable bonds is 3. The van der Waals surface area contributed by atoms with Crippen molar-refractivity contribution in [3.63, 3.8) is 0 Å². The molecule has 0 saturated heterocycles. The maximum absolute atomic E-state index is 4.49. The fourth-order valence-corrected chi connectivity index (χ4v) is 2.15. The molecule has 0 unspecified atom stereocenters. The molecule has 74 valence electrons. The lowest BCUT2D eigenvalue weighted by atomic mass is 10.2. The van der Waals surface area contributed by atoms with E-state index in [9.17, 15) is 0 Å². The standard InChI is InChI=1S/C11H20N2/c1-2-9-7-10(9)8-13-11-5-3-4-6-12-11/h9-10H,2-8H2,1H3,(H,12,13)/t9-,10+/m1/s1. The first-order valence-electron chi connectivity index (χ1n) is 5.67. The van der Waals surface area contributed by atoms with Crippen LogP contribution in [0.1, 0.15) is 39.0 Å². The molecule has 0 aromatic rings. The molecule has 2 nitrogen and oxygen atoms in total. The van der Waals surface area contributed by atoms with E-state index >= 15 is 0 Å². The van der Waals surface area contributed by atoms with E-state index in [4.69, 9.17) is 0 Å². The predicted molar refractivity (Wildman–Crippen MR) is 56.0 cm³/mol. The van der Waals surface area contributed by atoms with Crippen LogP contribution in [-0.4, -0.2) is 18.9 Å². The van der Waals surface area contributed by atoms with Crippen molar-refractivity contribution in [2.75, 3.05) is 13.1 Å². The van der Waals surface area contributed by atoms with Gasteiger partial charge in [0.05, 0.1) is 5.84 Å². The molecule has 13 heavy (non-hydrogen) atoms. The fourth-order valence-electron chi connectivity index (χ4n) is 2.15. The fraction of sp³-hybridized carbons (Fsp3) is 0.909. The lowest BCUT2D eigenvalue weighted by Gasteiger charge is -2.13. The SMILES string of the molecule is CC[C@@H]1C[C@H]1CNC1=NCCCC1. The van der Waals surface area contributed by atoms with E-state index in [1.165, 1.54) is 44.5 Å². The van der Waals surface area contributed by atoms with Crippen LogP contribution in [0.25, 0.3) is 0 Å². The molecule has 1 aliphatic heterocycles. The Bertz CT molecular complexity index is 198. The molecule has 1 saturated carbocycles. The highest BCUT2D eigenvalue weighted by Crippen LogP contribution is 2.40. The first kappa shape index (κ1) is 9.04. The van der Waals surface area contributed by atoms with E-state index < -0.39 is 0 Å². The third-order valence-electron chi connectivity index (χ3n) is 3.29. The van der Waals surface area contributed by atoms with Gasteiger partial charge >= 0.3 is 0 Å². The number of nitrogens with zero attached hydrogens (tertiary/aromatic N) is 1. The van der Waals surface area contributed by atoms with Crippen LogP contribution in [0.15, 0.2) is 4.99 Å². The molecule has 0 amide bonds. The lowest BCUT2D eigenvalue weighted by molar-refractivity contribution is 0.640. The molecule has 2 atom stereocenters. The molecule has 0 bridgehead atoms. The van der Waals surface area contributed by atoms with E-state index in [0.29, 0.717) is 0 Å². The molecule has 1 N–H and O–H groups in total. The van der Waals surface area contributed by atoms with Gasteiger partial charge < -0.3 is 5.32 Å². The number of nitrogens with one attached hydrogen (secondary N) is 1. The molecule has 1 aliphatic carbocycles. The molecule has 0 aromatic heterocycles. The minimum absolute atomic E-state index is 0.953. The summed E-state index contributed by atoms with van der Waals surface area (Å²) < 4.78 is 0. The molecular weight excluding hydrogens is 160 g/mol. The molecule has 0 spiro atoms. The van der Waals surface area contributed by atoms with Gasteiger partial charge in [-0.1, -0.05) is 13.3 Å². The molecule has 2 heteroatoms. The highest BCUT2D eigenvalue weighted by Gasteiger charge is 2.34. The average molecular weight is 180 g/mol. The van der Waals surface area contributed by atoms with E-state index in [2.05, 4.69) is 17.2 Å². The topological polar surface area (TPSA) is 24.4 Å². The molecular formula is C11H20N2. The highest BCUT2D eigenvalue weighted by molar-refractivity contribution is 5.82. The second-order valence-corrected chi connectivity index (χ2v) is 4.33. The summed E-state index contributed by atoms with van der Waals surface area (Å²) in [6, 6.07) is 0. The zero-order valence-electron chi connectivity index (χ0n) is 8.55. The van der Waals surface area contributed by atoms with Crippen molar-refractivity contribution in [2.45, 2.75) is 39.0 Å². The van der Waals surface area contributed by atoms with Crippen molar-refractivity contribution in [1.29, 1.82) is 0 Å². The lowest BCUT2D eigenvalue weighted by Crippen LogP contribution is -2.28. The van der Waals surface area contributed by atoms with E-state index in [-0.39, 0.29) is 0 Å². The average Bonchev–Trinajstić information content (AvgIpc) is 2.95. The van der Waals surface area contributed by atoms with Gasteiger partial charge in [-0.2, -0.15) is 0 Å². The quantitative estimate of drug-likeness (QED) is 0.707. The zero-order valence-corrected chi connectivity index (χ0v) is 8.55. The summed E-state index contributed by atoms with van der Waals surface area (Å²) in [7, 11) is 0. The summed E-state index contributed by atoms with van der Waals surface area (Å²) in [5.74, 6) is 3.24. The second-order valence-electron chi connectivity index (χ2n) is 4.33. The Morgan fingerprint density at radius 1 is 1.38 bits per heavy atom. The second kappa shape index (κ2) is 4.12. The monoisotopic (exact) mass is 180 g/mol. The van der Waals surface area contributed by atoms with Crippen LogP contribution in [0.4, 0.5) is 0 Å². The van der Waals surface area contributed by atoms with Crippen LogP contribution in [0.2, 0.25) is 0 Å². The van der Waals surface area contributed by atoms with Crippen molar-refractivity contribution in [3.05, 3.63) is 0 Å². The first-order chi connectivity index (χ1) is 6.40. The van der Waals surface area contributed by atoms with Crippen LogP contribution in [0.3, 0.4) is 0 Å². The summed E-state index contributed by atoms with van der Waals surface area (Å²) in [6.07, 6.45) is 6.60. The summed E-state index contributed by atoms with van der Waals surface area (Å²) in [5, 5.41) is 3.50. The Kier molecular flexibility index (Phi) is 2.87. The van der Waals surface area contributed by atoms with Gasteiger partial charge in [0.2, 0.25) is 0 Å². The number of hydrogen-bond acceptors (Lipinski definition) is 2. The maximum Gasteiger partial charge on any atom is 0.0963 e. The first-order valence-corrected chi connectivity index (χ1v) is 5.67. The van der Waals surface area contributed by atoms with Crippen LogP contribution in [0, 0.1) is 11.8 Å². The van der Waals surface area contributed by atoms with Crippen LogP contribution >= 0.6 is 0 Å². The Hall–Kier alpha value is -0.530. The Labute approximate surface area is 80.8 Å². The summed E-state index contributed by atoms with van der Waals surface area (Å²) in [5.41, 5.74) is 0. The largest absolute Gasteiger partial charge is 0.374 e. The number of aliphatic imine (C=N–C) groups is 1. The molecule has 0 radical (unpaired) electrons.